The van der Waals surface area contributed by atoms with E-state index >= 15 is 0 Å². The number of hydrogen-bond acceptors (Lipinski definition) is 3. The third-order valence-electron chi connectivity index (χ3n) is 4.74. The lowest BCUT2D eigenvalue weighted by Crippen LogP contribution is -2.57. The van der Waals surface area contributed by atoms with E-state index in [0.29, 0.717) is 36.0 Å². The van der Waals surface area contributed by atoms with Crippen molar-refractivity contribution in [3.05, 3.63) is 48.0 Å². The van der Waals surface area contributed by atoms with Crippen molar-refractivity contribution in [3.63, 3.8) is 0 Å². The molecule has 0 aliphatic carbocycles. The first-order valence-corrected chi connectivity index (χ1v) is 8.42. The van der Waals surface area contributed by atoms with E-state index in [0.717, 1.165) is 13.1 Å². The van der Waals surface area contributed by atoms with Crippen molar-refractivity contribution < 1.29 is 13.6 Å². The molecule has 2 heterocycles. The SMILES string of the molecule is CC1NCCN(C(=O)CCc2ccc(-c3ccccc3F)o2)C1C.Cl. The number of piperazine rings is 1. The van der Waals surface area contributed by atoms with Gasteiger partial charge in [0, 0.05) is 38.0 Å². The van der Waals surface area contributed by atoms with Crippen LogP contribution >= 0.6 is 12.4 Å². The van der Waals surface area contributed by atoms with E-state index in [9.17, 15) is 9.18 Å². The number of benzene rings is 1. The molecule has 0 saturated carbocycles. The van der Waals surface area contributed by atoms with E-state index < -0.39 is 0 Å². The van der Waals surface area contributed by atoms with Crippen LogP contribution in [-0.2, 0) is 11.2 Å². The molecule has 1 aliphatic heterocycles. The number of furan rings is 1. The van der Waals surface area contributed by atoms with Gasteiger partial charge in [-0.05, 0) is 38.1 Å². The lowest BCUT2D eigenvalue weighted by atomic mass is 10.1. The molecule has 1 fully saturated rings. The second-order valence-electron chi connectivity index (χ2n) is 6.32. The third-order valence-corrected chi connectivity index (χ3v) is 4.74. The van der Waals surface area contributed by atoms with Crippen LogP contribution in [0.5, 0.6) is 0 Å². The van der Waals surface area contributed by atoms with Crippen LogP contribution in [0.25, 0.3) is 11.3 Å². The van der Waals surface area contributed by atoms with Gasteiger partial charge in [0.05, 0.1) is 5.56 Å². The highest BCUT2D eigenvalue weighted by molar-refractivity contribution is 5.85. The van der Waals surface area contributed by atoms with E-state index in [-0.39, 0.29) is 30.2 Å². The minimum Gasteiger partial charge on any atom is -0.461 e. The van der Waals surface area contributed by atoms with Gasteiger partial charge in [-0.25, -0.2) is 4.39 Å². The predicted octanol–water partition coefficient (Wildman–Crippen LogP) is 3.65. The van der Waals surface area contributed by atoms with E-state index in [1.165, 1.54) is 6.07 Å². The van der Waals surface area contributed by atoms with Crippen molar-refractivity contribution in [2.75, 3.05) is 13.1 Å². The summed E-state index contributed by atoms with van der Waals surface area (Å²) in [6, 6.07) is 10.6. The molecule has 1 amide bonds. The molecular formula is C19H24ClFN2O2. The van der Waals surface area contributed by atoms with Crippen LogP contribution in [0.1, 0.15) is 26.0 Å². The maximum absolute atomic E-state index is 13.8. The standard InChI is InChI=1S/C19H23FN2O2.ClH/c1-13-14(2)22(12-11-21-13)19(23)10-8-15-7-9-18(24-15)16-5-3-4-6-17(16)20;/h3-7,9,13-14,21H,8,10-12H2,1-2H3;1H. The van der Waals surface area contributed by atoms with Crippen LogP contribution in [0.15, 0.2) is 40.8 Å². The van der Waals surface area contributed by atoms with Gasteiger partial charge in [0.1, 0.15) is 17.3 Å². The van der Waals surface area contributed by atoms with Crippen LogP contribution in [-0.4, -0.2) is 36.0 Å². The highest BCUT2D eigenvalue weighted by atomic mass is 35.5. The van der Waals surface area contributed by atoms with Gasteiger partial charge >= 0.3 is 0 Å². The molecule has 2 aromatic rings. The molecule has 0 radical (unpaired) electrons. The minimum absolute atomic E-state index is 0. The van der Waals surface area contributed by atoms with Crippen molar-refractivity contribution in [1.82, 2.24) is 10.2 Å². The number of carbonyl (C=O) groups is 1. The zero-order valence-electron chi connectivity index (χ0n) is 14.5. The first kappa shape index (κ1) is 19.5. The van der Waals surface area contributed by atoms with Crippen LogP contribution in [0.2, 0.25) is 0 Å². The third kappa shape index (κ3) is 4.41. The molecule has 1 N–H and O–H groups in total. The highest BCUT2D eigenvalue weighted by Gasteiger charge is 2.27. The molecule has 3 rings (SSSR count). The van der Waals surface area contributed by atoms with E-state index in [2.05, 4.69) is 19.2 Å². The van der Waals surface area contributed by atoms with Crippen molar-refractivity contribution in [1.29, 1.82) is 0 Å². The zero-order valence-corrected chi connectivity index (χ0v) is 15.3. The number of aryl methyl sites for hydroxylation is 1. The Morgan fingerprint density at radius 3 is 2.80 bits per heavy atom. The van der Waals surface area contributed by atoms with Crippen molar-refractivity contribution in [2.45, 2.75) is 38.8 Å². The maximum atomic E-state index is 13.8. The van der Waals surface area contributed by atoms with Gasteiger partial charge in [-0.2, -0.15) is 0 Å². The second-order valence-corrected chi connectivity index (χ2v) is 6.32. The Kier molecular flexibility index (Phi) is 6.62. The van der Waals surface area contributed by atoms with Crippen LogP contribution < -0.4 is 5.32 Å². The van der Waals surface area contributed by atoms with Gasteiger partial charge < -0.3 is 14.6 Å². The molecule has 1 aliphatic rings. The quantitative estimate of drug-likeness (QED) is 0.898. The van der Waals surface area contributed by atoms with Crippen molar-refractivity contribution in [2.24, 2.45) is 0 Å². The molecule has 6 heteroatoms. The lowest BCUT2D eigenvalue weighted by Gasteiger charge is -2.38. The summed E-state index contributed by atoms with van der Waals surface area (Å²) in [7, 11) is 0. The normalized spacial score (nSPS) is 20.2. The molecule has 136 valence electrons. The number of nitrogens with one attached hydrogen (secondary N) is 1. The summed E-state index contributed by atoms with van der Waals surface area (Å²) in [6.07, 6.45) is 0.930. The van der Waals surface area contributed by atoms with Gasteiger partial charge in [0.15, 0.2) is 0 Å². The number of carbonyl (C=O) groups excluding carboxylic acids is 1. The zero-order chi connectivity index (χ0) is 17.1. The van der Waals surface area contributed by atoms with Crippen LogP contribution in [0.4, 0.5) is 4.39 Å². The Hall–Kier alpha value is -1.85. The van der Waals surface area contributed by atoms with Gasteiger partial charge in [-0.3, -0.25) is 4.79 Å². The molecule has 1 aromatic heterocycles. The smallest absolute Gasteiger partial charge is 0.223 e. The Bertz CT molecular complexity index is 719. The molecule has 0 spiro atoms. The minimum atomic E-state index is -0.307. The van der Waals surface area contributed by atoms with Gasteiger partial charge in [-0.1, -0.05) is 12.1 Å². The summed E-state index contributed by atoms with van der Waals surface area (Å²) in [5.74, 6) is 1.04. The van der Waals surface area contributed by atoms with E-state index in [1.54, 1.807) is 24.3 Å². The average Bonchev–Trinajstić information content (AvgIpc) is 3.04. The first-order chi connectivity index (χ1) is 11.6. The molecule has 2 unspecified atom stereocenters. The van der Waals surface area contributed by atoms with Gasteiger partial charge in [0.25, 0.3) is 0 Å². The largest absolute Gasteiger partial charge is 0.461 e. The van der Waals surface area contributed by atoms with Crippen molar-refractivity contribution >= 4 is 18.3 Å². The Morgan fingerprint density at radius 1 is 1.28 bits per heavy atom. The fourth-order valence-corrected chi connectivity index (χ4v) is 3.10. The Balaban J connectivity index is 0.00000225. The fraction of sp³-hybridized carbons (Fsp3) is 0.421. The summed E-state index contributed by atoms with van der Waals surface area (Å²) in [4.78, 5) is 14.4. The molecule has 1 saturated heterocycles. The van der Waals surface area contributed by atoms with E-state index in [4.69, 9.17) is 4.42 Å². The second kappa shape index (κ2) is 8.50. The number of nitrogens with zero attached hydrogens (tertiary/aromatic N) is 1. The summed E-state index contributed by atoms with van der Waals surface area (Å²) < 4.78 is 19.5. The molecule has 0 bridgehead atoms. The number of amides is 1. The molecule has 25 heavy (non-hydrogen) atoms. The topological polar surface area (TPSA) is 45.5 Å². The molecule has 1 aromatic carbocycles. The monoisotopic (exact) mass is 366 g/mol. The average molecular weight is 367 g/mol. The molecule has 4 nitrogen and oxygen atoms in total. The number of hydrogen-bond donors (Lipinski definition) is 1. The maximum Gasteiger partial charge on any atom is 0.223 e. The molecular weight excluding hydrogens is 343 g/mol. The lowest BCUT2D eigenvalue weighted by molar-refractivity contribution is -0.134. The van der Waals surface area contributed by atoms with Crippen molar-refractivity contribution in [3.8, 4) is 11.3 Å². The Morgan fingerprint density at radius 2 is 2.04 bits per heavy atom. The predicted molar refractivity (Wildman–Crippen MR) is 98.3 cm³/mol. The van der Waals surface area contributed by atoms with Gasteiger partial charge in [-0.15, -0.1) is 12.4 Å². The summed E-state index contributed by atoms with van der Waals surface area (Å²) in [6.45, 7) is 5.73. The Labute approximate surface area is 153 Å². The van der Waals surface area contributed by atoms with E-state index in [1.807, 2.05) is 11.0 Å². The van der Waals surface area contributed by atoms with Crippen LogP contribution in [0, 0.1) is 5.82 Å². The van der Waals surface area contributed by atoms with Gasteiger partial charge in [0.2, 0.25) is 5.91 Å². The number of rotatable bonds is 4. The van der Waals surface area contributed by atoms with Crippen LogP contribution in [0.3, 0.4) is 0 Å². The molecule has 2 atom stereocenters. The summed E-state index contributed by atoms with van der Waals surface area (Å²) in [5, 5.41) is 3.37. The number of halogens is 2. The summed E-state index contributed by atoms with van der Waals surface area (Å²) in [5.41, 5.74) is 0.444. The summed E-state index contributed by atoms with van der Waals surface area (Å²) >= 11 is 0. The highest BCUT2D eigenvalue weighted by Crippen LogP contribution is 2.25. The first-order valence-electron chi connectivity index (χ1n) is 8.42. The fourth-order valence-electron chi connectivity index (χ4n) is 3.10.